The fourth-order valence-corrected chi connectivity index (χ4v) is 3.59. The van der Waals surface area contributed by atoms with E-state index in [0.29, 0.717) is 11.3 Å². The zero-order valence-corrected chi connectivity index (χ0v) is 16.9. The first-order chi connectivity index (χ1) is 12.8. The van der Waals surface area contributed by atoms with Gasteiger partial charge in [-0.25, -0.2) is 0 Å². The summed E-state index contributed by atoms with van der Waals surface area (Å²) >= 11 is 1.56. The highest BCUT2D eigenvalue weighted by Gasteiger charge is 2.15. The van der Waals surface area contributed by atoms with Crippen molar-refractivity contribution in [1.82, 2.24) is 5.16 Å². The second kappa shape index (κ2) is 8.01. The van der Waals surface area contributed by atoms with Gasteiger partial charge in [-0.2, -0.15) is 0 Å². The van der Waals surface area contributed by atoms with Crippen LogP contribution in [0.4, 0.5) is 5.69 Å². The van der Waals surface area contributed by atoms with Crippen LogP contribution in [-0.4, -0.2) is 11.1 Å². The van der Waals surface area contributed by atoms with Crippen LogP contribution in [-0.2, 0) is 11.2 Å². The van der Waals surface area contributed by atoms with E-state index in [0.717, 1.165) is 22.0 Å². The molecule has 0 unspecified atom stereocenters. The van der Waals surface area contributed by atoms with Crippen LogP contribution in [0.5, 0.6) is 0 Å². The van der Waals surface area contributed by atoms with E-state index < -0.39 is 0 Å². The van der Waals surface area contributed by atoms with Crippen molar-refractivity contribution in [1.29, 1.82) is 0 Å². The Morgan fingerprint density at radius 1 is 1.11 bits per heavy atom. The fourth-order valence-electron chi connectivity index (χ4n) is 2.67. The van der Waals surface area contributed by atoms with E-state index in [9.17, 15) is 4.79 Å². The standard InChI is InChI=1S/C22H24N2O2S/c1-15-13-18(26-24-15)14-27-20-8-6-5-7-19(20)21(25)23-17-11-9-16(10-12-17)22(2,3)4/h5-13H,14H2,1-4H3,(H,23,25). The maximum Gasteiger partial charge on any atom is 0.256 e. The maximum absolute atomic E-state index is 12.8. The number of nitrogens with zero attached hydrogens (tertiary/aromatic N) is 1. The summed E-state index contributed by atoms with van der Waals surface area (Å²) in [6, 6.07) is 17.5. The van der Waals surface area contributed by atoms with E-state index in [4.69, 9.17) is 4.52 Å². The highest BCUT2D eigenvalue weighted by Crippen LogP contribution is 2.28. The minimum Gasteiger partial charge on any atom is -0.360 e. The van der Waals surface area contributed by atoms with Crippen molar-refractivity contribution in [2.75, 3.05) is 5.32 Å². The van der Waals surface area contributed by atoms with E-state index in [1.54, 1.807) is 11.8 Å². The van der Waals surface area contributed by atoms with Crippen LogP contribution < -0.4 is 5.32 Å². The molecular weight excluding hydrogens is 356 g/mol. The summed E-state index contributed by atoms with van der Waals surface area (Å²) < 4.78 is 5.25. The molecule has 2 aromatic carbocycles. The van der Waals surface area contributed by atoms with Gasteiger partial charge >= 0.3 is 0 Å². The molecule has 3 aromatic rings. The van der Waals surface area contributed by atoms with Gasteiger partial charge in [-0.3, -0.25) is 4.79 Å². The summed E-state index contributed by atoms with van der Waals surface area (Å²) in [4.78, 5) is 13.7. The van der Waals surface area contributed by atoms with Crippen molar-refractivity contribution in [2.45, 2.75) is 43.8 Å². The van der Waals surface area contributed by atoms with E-state index >= 15 is 0 Å². The van der Waals surface area contributed by atoms with Gasteiger partial charge in [-0.05, 0) is 42.2 Å². The van der Waals surface area contributed by atoms with E-state index in [2.05, 4.69) is 43.4 Å². The first kappa shape index (κ1) is 19.2. The Bertz CT molecular complexity index is 924. The van der Waals surface area contributed by atoms with Crippen LogP contribution in [0.3, 0.4) is 0 Å². The Hall–Kier alpha value is -2.53. The van der Waals surface area contributed by atoms with E-state index in [-0.39, 0.29) is 11.3 Å². The Labute approximate surface area is 164 Å². The second-order valence-electron chi connectivity index (χ2n) is 7.50. The molecule has 4 nitrogen and oxygen atoms in total. The largest absolute Gasteiger partial charge is 0.360 e. The number of amides is 1. The van der Waals surface area contributed by atoms with E-state index in [1.165, 1.54) is 5.56 Å². The summed E-state index contributed by atoms with van der Waals surface area (Å²) in [6.45, 7) is 8.41. The van der Waals surface area contributed by atoms with Crippen LogP contribution in [0, 0.1) is 6.92 Å². The Morgan fingerprint density at radius 3 is 2.44 bits per heavy atom. The monoisotopic (exact) mass is 380 g/mol. The number of carbonyl (C=O) groups excluding carboxylic acids is 1. The molecule has 1 amide bonds. The zero-order chi connectivity index (χ0) is 19.4. The number of aromatic nitrogens is 1. The lowest BCUT2D eigenvalue weighted by Crippen LogP contribution is -2.14. The molecule has 0 saturated heterocycles. The summed E-state index contributed by atoms with van der Waals surface area (Å²) in [5.41, 5.74) is 3.62. The number of anilines is 1. The molecule has 27 heavy (non-hydrogen) atoms. The molecule has 0 aliphatic heterocycles. The van der Waals surface area contributed by atoms with Gasteiger partial charge in [0, 0.05) is 16.6 Å². The third-order valence-corrected chi connectivity index (χ3v) is 5.28. The molecule has 0 saturated carbocycles. The van der Waals surface area contributed by atoms with Crippen molar-refractivity contribution in [3.63, 3.8) is 0 Å². The first-order valence-corrected chi connectivity index (χ1v) is 9.87. The molecule has 0 spiro atoms. The molecule has 1 N–H and O–H groups in total. The minimum atomic E-state index is -0.115. The van der Waals surface area contributed by atoms with Gasteiger partial charge in [0.2, 0.25) is 0 Å². The average Bonchev–Trinajstić information content (AvgIpc) is 3.05. The van der Waals surface area contributed by atoms with Crippen molar-refractivity contribution in [3.8, 4) is 0 Å². The number of aryl methyl sites for hydroxylation is 1. The third kappa shape index (κ3) is 5.01. The minimum absolute atomic E-state index is 0.0881. The summed E-state index contributed by atoms with van der Waals surface area (Å²) in [5, 5.41) is 6.89. The number of nitrogens with one attached hydrogen (secondary N) is 1. The summed E-state index contributed by atoms with van der Waals surface area (Å²) in [6.07, 6.45) is 0. The SMILES string of the molecule is Cc1cc(CSc2ccccc2C(=O)Nc2ccc(C(C)(C)C)cc2)on1. The smallest absolute Gasteiger partial charge is 0.256 e. The number of rotatable bonds is 5. The predicted molar refractivity (Wildman–Crippen MR) is 110 cm³/mol. The molecule has 0 atom stereocenters. The number of benzene rings is 2. The topological polar surface area (TPSA) is 55.1 Å². The highest BCUT2D eigenvalue weighted by atomic mass is 32.2. The number of hydrogen-bond donors (Lipinski definition) is 1. The third-order valence-electron chi connectivity index (χ3n) is 4.19. The molecule has 0 fully saturated rings. The molecule has 5 heteroatoms. The van der Waals surface area contributed by atoms with Crippen LogP contribution in [0.2, 0.25) is 0 Å². The van der Waals surface area contributed by atoms with Crippen LogP contribution in [0.25, 0.3) is 0 Å². The van der Waals surface area contributed by atoms with Gasteiger partial charge in [-0.15, -0.1) is 11.8 Å². The summed E-state index contributed by atoms with van der Waals surface area (Å²) in [5.74, 6) is 1.31. The molecule has 140 valence electrons. The Kier molecular flexibility index (Phi) is 5.71. The lowest BCUT2D eigenvalue weighted by molar-refractivity contribution is 0.102. The summed E-state index contributed by atoms with van der Waals surface area (Å²) in [7, 11) is 0. The first-order valence-electron chi connectivity index (χ1n) is 8.89. The van der Waals surface area contributed by atoms with Gasteiger partial charge in [0.05, 0.1) is 17.0 Å². The normalized spacial score (nSPS) is 11.4. The molecule has 0 radical (unpaired) electrons. The quantitative estimate of drug-likeness (QED) is 0.566. The number of carbonyl (C=O) groups is 1. The molecule has 0 aliphatic rings. The molecule has 3 rings (SSSR count). The maximum atomic E-state index is 12.8. The molecule has 1 aromatic heterocycles. The lowest BCUT2D eigenvalue weighted by Gasteiger charge is -2.19. The molecule has 0 aliphatic carbocycles. The van der Waals surface area contributed by atoms with Crippen molar-refractivity contribution >= 4 is 23.4 Å². The number of hydrogen-bond acceptors (Lipinski definition) is 4. The van der Waals surface area contributed by atoms with Gasteiger partial charge in [0.25, 0.3) is 5.91 Å². The van der Waals surface area contributed by atoms with Gasteiger partial charge < -0.3 is 9.84 Å². The van der Waals surface area contributed by atoms with Crippen LogP contribution >= 0.6 is 11.8 Å². The van der Waals surface area contributed by atoms with Gasteiger partial charge in [0.15, 0.2) is 0 Å². The average molecular weight is 381 g/mol. The van der Waals surface area contributed by atoms with E-state index in [1.807, 2.05) is 49.4 Å². The molecular formula is C22H24N2O2S. The fraction of sp³-hybridized carbons (Fsp3) is 0.273. The van der Waals surface area contributed by atoms with Crippen molar-refractivity contribution in [3.05, 3.63) is 77.2 Å². The highest BCUT2D eigenvalue weighted by molar-refractivity contribution is 7.98. The van der Waals surface area contributed by atoms with Gasteiger partial charge in [-0.1, -0.05) is 50.2 Å². The van der Waals surface area contributed by atoms with Gasteiger partial charge in [0.1, 0.15) is 5.76 Å². The van der Waals surface area contributed by atoms with Crippen molar-refractivity contribution in [2.24, 2.45) is 0 Å². The predicted octanol–water partition coefficient (Wildman–Crippen LogP) is 5.83. The molecule has 1 heterocycles. The molecule has 0 bridgehead atoms. The lowest BCUT2D eigenvalue weighted by atomic mass is 9.87. The Balaban J connectivity index is 1.71. The Morgan fingerprint density at radius 2 is 1.81 bits per heavy atom. The number of thioether (sulfide) groups is 1. The second-order valence-corrected chi connectivity index (χ2v) is 8.52. The van der Waals surface area contributed by atoms with Crippen LogP contribution in [0.15, 0.2) is 64.0 Å². The zero-order valence-electron chi connectivity index (χ0n) is 16.1. The van der Waals surface area contributed by atoms with Crippen molar-refractivity contribution < 1.29 is 9.32 Å². The van der Waals surface area contributed by atoms with Crippen LogP contribution in [0.1, 0.15) is 48.1 Å².